The van der Waals surface area contributed by atoms with E-state index in [9.17, 15) is 18.0 Å². The second-order valence-corrected chi connectivity index (χ2v) is 11.1. The first-order valence-corrected chi connectivity index (χ1v) is 13.4. The summed E-state index contributed by atoms with van der Waals surface area (Å²) in [5, 5.41) is 5.15. The maximum Gasteiger partial charge on any atom is 0.243 e. The molecule has 2 amide bonds. The van der Waals surface area contributed by atoms with Gasteiger partial charge in [0, 0.05) is 24.5 Å². The molecule has 0 aromatic heterocycles. The lowest BCUT2D eigenvalue weighted by Crippen LogP contribution is -2.31. The van der Waals surface area contributed by atoms with Crippen LogP contribution in [-0.2, 0) is 19.6 Å². The summed E-state index contributed by atoms with van der Waals surface area (Å²) in [4.78, 5) is 25.1. The molecule has 1 unspecified atom stereocenters. The van der Waals surface area contributed by atoms with Crippen LogP contribution in [0.1, 0.15) is 37.5 Å². The van der Waals surface area contributed by atoms with Crippen LogP contribution in [0.5, 0.6) is 0 Å². The van der Waals surface area contributed by atoms with Gasteiger partial charge in [0.05, 0.1) is 15.9 Å². The van der Waals surface area contributed by atoms with Gasteiger partial charge in [-0.3, -0.25) is 9.59 Å². The number of sulfonamides is 1. The minimum Gasteiger partial charge on any atom is -0.325 e. The fourth-order valence-electron chi connectivity index (χ4n) is 3.16. The Kier molecular flexibility index (Phi) is 9.51. The number of benzene rings is 2. The molecule has 0 radical (unpaired) electrons. The van der Waals surface area contributed by atoms with Crippen molar-refractivity contribution in [1.82, 2.24) is 4.31 Å². The Morgan fingerprint density at radius 1 is 1.00 bits per heavy atom. The second kappa shape index (κ2) is 11.7. The quantitative estimate of drug-likeness (QED) is 0.515. The lowest BCUT2D eigenvalue weighted by molar-refractivity contribution is -0.115. The summed E-state index contributed by atoms with van der Waals surface area (Å²) < 4.78 is 27.3. The number of carbonyl (C=O) groups excluding carboxylic acids is 2. The van der Waals surface area contributed by atoms with Gasteiger partial charge in [-0.2, -0.15) is 4.31 Å². The highest BCUT2D eigenvalue weighted by Crippen LogP contribution is 2.27. The maximum atomic E-state index is 12.9. The Balaban J connectivity index is 2.06. The number of nitrogens with zero attached hydrogens (tertiary/aromatic N) is 1. The van der Waals surface area contributed by atoms with Gasteiger partial charge in [-0.1, -0.05) is 31.5 Å². The number of hydrogen-bond acceptors (Lipinski definition) is 5. The first-order valence-electron chi connectivity index (χ1n) is 10.9. The van der Waals surface area contributed by atoms with Gasteiger partial charge >= 0.3 is 0 Å². The van der Waals surface area contributed by atoms with Crippen molar-refractivity contribution < 1.29 is 18.0 Å². The van der Waals surface area contributed by atoms with Crippen molar-refractivity contribution >= 4 is 45.0 Å². The zero-order valence-corrected chi connectivity index (χ0v) is 21.7. The van der Waals surface area contributed by atoms with Crippen LogP contribution in [0, 0.1) is 20.8 Å². The van der Waals surface area contributed by atoms with E-state index in [4.69, 9.17) is 0 Å². The largest absolute Gasteiger partial charge is 0.325 e. The Morgan fingerprint density at radius 3 is 2.18 bits per heavy atom. The van der Waals surface area contributed by atoms with E-state index in [-0.39, 0.29) is 22.5 Å². The lowest BCUT2D eigenvalue weighted by Gasteiger charge is -2.21. The molecule has 0 heterocycles. The summed E-state index contributed by atoms with van der Waals surface area (Å²) in [6, 6.07) is 10.6. The molecule has 1 atom stereocenters. The highest BCUT2D eigenvalue weighted by Gasteiger charge is 2.24. The van der Waals surface area contributed by atoms with Gasteiger partial charge in [-0.25, -0.2) is 8.42 Å². The molecule has 2 rings (SSSR count). The molecule has 33 heavy (non-hydrogen) atoms. The van der Waals surface area contributed by atoms with Crippen molar-refractivity contribution in [3.63, 3.8) is 0 Å². The predicted octanol–water partition coefficient (Wildman–Crippen LogP) is 4.34. The van der Waals surface area contributed by atoms with E-state index >= 15 is 0 Å². The van der Waals surface area contributed by atoms with E-state index in [1.807, 2.05) is 45.0 Å². The van der Waals surface area contributed by atoms with Crippen LogP contribution in [0.2, 0.25) is 0 Å². The predicted molar refractivity (Wildman–Crippen MR) is 136 cm³/mol. The molecule has 7 nitrogen and oxygen atoms in total. The molecular formula is C24H33N3O4S2. The summed E-state index contributed by atoms with van der Waals surface area (Å²) in [6.45, 7) is 11.7. The van der Waals surface area contributed by atoms with Gasteiger partial charge < -0.3 is 10.6 Å². The van der Waals surface area contributed by atoms with Crippen molar-refractivity contribution in [1.29, 1.82) is 0 Å². The van der Waals surface area contributed by atoms with Crippen LogP contribution >= 0.6 is 11.8 Å². The number of anilines is 2. The zero-order valence-electron chi connectivity index (χ0n) is 20.1. The second-order valence-electron chi connectivity index (χ2n) is 7.86. The normalized spacial score (nSPS) is 12.5. The molecule has 2 N–H and O–H groups in total. The highest BCUT2D eigenvalue weighted by molar-refractivity contribution is 8.01. The average Bonchev–Trinajstić information content (AvgIpc) is 2.77. The molecule has 0 aliphatic heterocycles. The minimum atomic E-state index is -3.65. The SMILES string of the molecule is CCN(CC)S(=O)(=O)c1cc(C)c(C)c(NC(=O)C(C)SCC(=O)Nc2ccc(C)cc2)c1. The van der Waals surface area contributed by atoms with E-state index in [0.717, 1.165) is 16.7 Å². The number of amides is 2. The van der Waals surface area contributed by atoms with Crippen LogP contribution in [0.25, 0.3) is 0 Å². The Morgan fingerprint density at radius 2 is 1.61 bits per heavy atom. The summed E-state index contributed by atoms with van der Waals surface area (Å²) in [5.41, 5.74) is 3.85. The minimum absolute atomic E-state index is 0.122. The molecule has 2 aromatic rings. The lowest BCUT2D eigenvalue weighted by atomic mass is 10.1. The number of nitrogens with one attached hydrogen (secondary N) is 2. The van der Waals surface area contributed by atoms with Crippen LogP contribution in [-0.4, -0.2) is 48.6 Å². The zero-order chi connectivity index (χ0) is 24.8. The van der Waals surface area contributed by atoms with Gasteiger partial charge in [0.1, 0.15) is 0 Å². The molecule has 9 heteroatoms. The van der Waals surface area contributed by atoms with Gasteiger partial charge in [-0.15, -0.1) is 11.8 Å². The first kappa shape index (κ1) is 26.9. The smallest absolute Gasteiger partial charge is 0.243 e. The third-order valence-electron chi connectivity index (χ3n) is 5.41. The number of thioether (sulfide) groups is 1. The maximum absolute atomic E-state index is 12.9. The number of carbonyl (C=O) groups is 2. The van der Waals surface area contributed by atoms with Crippen molar-refractivity contribution in [2.45, 2.75) is 51.7 Å². The van der Waals surface area contributed by atoms with Gasteiger partial charge in [0.15, 0.2) is 0 Å². The number of rotatable bonds is 10. The molecule has 0 spiro atoms. The molecule has 0 saturated carbocycles. The highest BCUT2D eigenvalue weighted by atomic mass is 32.2. The van der Waals surface area contributed by atoms with Gasteiger partial charge in [-0.05, 0) is 63.1 Å². The van der Waals surface area contributed by atoms with Crippen LogP contribution in [0.4, 0.5) is 11.4 Å². The molecule has 2 aromatic carbocycles. The van der Waals surface area contributed by atoms with Crippen molar-refractivity contribution in [3.05, 3.63) is 53.1 Å². The third kappa shape index (κ3) is 7.06. The summed E-state index contributed by atoms with van der Waals surface area (Å²) in [5.74, 6) is -0.359. The van der Waals surface area contributed by atoms with Crippen molar-refractivity contribution in [3.8, 4) is 0 Å². The molecule has 0 fully saturated rings. The number of aryl methyl sites for hydroxylation is 2. The Labute approximate surface area is 201 Å². The van der Waals surface area contributed by atoms with Crippen LogP contribution in [0.15, 0.2) is 41.3 Å². The fourth-order valence-corrected chi connectivity index (χ4v) is 5.42. The van der Waals surface area contributed by atoms with Gasteiger partial charge in [0.25, 0.3) is 0 Å². The monoisotopic (exact) mass is 491 g/mol. The van der Waals surface area contributed by atoms with Crippen molar-refractivity contribution in [2.24, 2.45) is 0 Å². The molecular weight excluding hydrogens is 458 g/mol. The average molecular weight is 492 g/mol. The standard InChI is InChI=1S/C24H33N3O4S2/c1-7-27(8-2)33(30,31)21-13-17(4)18(5)22(14-21)26-24(29)19(6)32-15-23(28)25-20-11-9-16(3)10-12-20/h9-14,19H,7-8,15H2,1-6H3,(H,25,28)(H,26,29). The van der Waals surface area contributed by atoms with Crippen molar-refractivity contribution in [2.75, 3.05) is 29.5 Å². The van der Waals surface area contributed by atoms with Crippen LogP contribution in [0.3, 0.4) is 0 Å². The van der Waals surface area contributed by atoms with E-state index < -0.39 is 15.3 Å². The van der Waals surface area contributed by atoms with Crippen LogP contribution < -0.4 is 10.6 Å². The topological polar surface area (TPSA) is 95.6 Å². The van der Waals surface area contributed by atoms with E-state index in [1.165, 1.54) is 22.1 Å². The Bertz CT molecular complexity index is 1100. The van der Waals surface area contributed by atoms with E-state index in [2.05, 4.69) is 10.6 Å². The summed E-state index contributed by atoms with van der Waals surface area (Å²) in [6.07, 6.45) is 0. The molecule has 0 aliphatic rings. The first-order chi connectivity index (χ1) is 15.5. The molecule has 0 aliphatic carbocycles. The molecule has 180 valence electrons. The molecule has 0 bridgehead atoms. The number of hydrogen-bond donors (Lipinski definition) is 2. The fraction of sp³-hybridized carbons (Fsp3) is 0.417. The molecule has 0 saturated heterocycles. The third-order valence-corrected chi connectivity index (χ3v) is 8.58. The van der Waals surface area contributed by atoms with E-state index in [0.29, 0.717) is 24.5 Å². The van der Waals surface area contributed by atoms with E-state index in [1.54, 1.807) is 26.8 Å². The van der Waals surface area contributed by atoms with Gasteiger partial charge in [0.2, 0.25) is 21.8 Å². The summed E-state index contributed by atoms with van der Waals surface area (Å²) in [7, 11) is -3.65. The Hall–Kier alpha value is -2.36. The summed E-state index contributed by atoms with van der Waals surface area (Å²) >= 11 is 1.22.